The summed E-state index contributed by atoms with van der Waals surface area (Å²) in [6, 6.07) is 3.88. The molecule has 0 unspecified atom stereocenters. The number of ether oxygens (including phenoxy) is 1. The number of carbonyl (C=O) groups is 2. The van der Waals surface area contributed by atoms with Gasteiger partial charge in [0.2, 0.25) is 6.41 Å². The van der Waals surface area contributed by atoms with Crippen molar-refractivity contribution in [2.45, 2.75) is 65.0 Å². The summed E-state index contributed by atoms with van der Waals surface area (Å²) in [5, 5.41) is 0. The Balaban J connectivity index is 2.17. The first kappa shape index (κ1) is 19.2. The van der Waals surface area contributed by atoms with Crippen molar-refractivity contribution >= 4 is 18.3 Å². The predicted octanol–water partition coefficient (Wildman–Crippen LogP) is 3.92. The van der Waals surface area contributed by atoms with Gasteiger partial charge in [0, 0.05) is 19.3 Å². The Bertz CT molecular complexity index is 581. The molecule has 0 spiro atoms. The first-order chi connectivity index (χ1) is 11.9. The standard InChI is InChI=1S/C19H29N3O3/c1-5-11-22(18(24)25-19(2,3)4)17-10-9-15(13-20-17)16-8-6-7-12-21(16)14-23/h9-10,13-14,16H,5-8,11-12H2,1-4H3/t16-/m1/s1. The van der Waals surface area contributed by atoms with Crippen LogP contribution in [0.25, 0.3) is 0 Å². The van der Waals surface area contributed by atoms with Gasteiger partial charge in [-0.05, 0) is 58.1 Å². The highest BCUT2D eigenvalue weighted by molar-refractivity contribution is 5.86. The van der Waals surface area contributed by atoms with E-state index in [9.17, 15) is 9.59 Å². The highest BCUT2D eigenvalue weighted by Crippen LogP contribution is 2.30. The van der Waals surface area contributed by atoms with Gasteiger partial charge in [-0.2, -0.15) is 0 Å². The molecule has 6 heteroatoms. The fraction of sp³-hybridized carbons (Fsp3) is 0.632. The third-order valence-electron chi connectivity index (χ3n) is 4.17. The maximum Gasteiger partial charge on any atom is 0.416 e. The third-order valence-corrected chi connectivity index (χ3v) is 4.17. The molecule has 1 aromatic heterocycles. The van der Waals surface area contributed by atoms with Crippen LogP contribution < -0.4 is 4.90 Å². The second-order valence-corrected chi connectivity index (χ2v) is 7.44. The van der Waals surface area contributed by atoms with E-state index in [4.69, 9.17) is 4.74 Å². The van der Waals surface area contributed by atoms with Crippen molar-refractivity contribution in [2.24, 2.45) is 0 Å². The lowest BCUT2D eigenvalue weighted by molar-refractivity contribution is -0.121. The monoisotopic (exact) mass is 347 g/mol. The minimum absolute atomic E-state index is 0.0777. The molecule has 1 aliphatic rings. The van der Waals surface area contributed by atoms with Gasteiger partial charge in [-0.1, -0.05) is 13.0 Å². The van der Waals surface area contributed by atoms with Crippen molar-refractivity contribution in [2.75, 3.05) is 18.0 Å². The Morgan fingerprint density at radius 1 is 1.40 bits per heavy atom. The molecular weight excluding hydrogens is 318 g/mol. The van der Waals surface area contributed by atoms with E-state index in [2.05, 4.69) is 4.98 Å². The number of hydrogen-bond acceptors (Lipinski definition) is 4. The lowest BCUT2D eigenvalue weighted by Gasteiger charge is -2.33. The van der Waals surface area contributed by atoms with Crippen molar-refractivity contribution in [1.29, 1.82) is 0 Å². The summed E-state index contributed by atoms with van der Waals surface area (Å²) in [5.74, 6) is 0.577. The summed E-state index contributed by atoms with van der Waals surface area (Å²) in [5.41, 5.74) is 0.464. The highest BCUT2D eigenvalue weighted by Gasteiger charge is 2.25. The van der Waals surface area contributed by atoms with E-state index in [1.54, 1.807) is 11.1 Å². The van der Waals surface area contributed by atoms with Crippen LogP contribution in [-0.2, 0) is 9.53 Å². The highest BCUT2D eigenvalue weighted by atomic mass is 16.6. The molecule has 0 N–H and O–H groups in total. The lowest BCUT2D eigenvalue weighted by atomic mass is 9.97. The summed E-state index contributed by atoms with van der Waals surface area (Å²) < 4.78 is 5.48. The number of anilines is 1. The van der Waals surface area contributed by atoms with Gasteiger partial charge < -0.3 is 9.64 Å². The molecule has 2 amide bonds. The Labute approximate surface area is 150 Å². The van der Waals surface area contributed by atoms with Crippen LogP contribution in [0.5, 0.6) is 0 Å². The van der Waals surface area contributed by atoms with E-state index in [0.717, 1.165) is 44.2 Å². The minimum Gasteiger partial charge on any atom is -0.443 e. The molecule has 1 aromatic rings. The van der Waals surface area contributed by atoms with E-state index in [1.807, 2.05) is 44.7 Å². The van der Waals surface area contributed by atoms with E-state index >= 15 is 0 Å². The van der Waals surface area contributed by atoms with Crippen LogP contribution >= 0.6 is 0 Å². The van der Waals surface area contributed by atoms with E-state index in [0.29, 0.717) is 12.4 Å². The van der Waals surface area contributed by atoms with Crippen LogP contribution in [0.2, 0.25) is 0 Å². The maximum atomic E-state index is 12.4. The van der Waals surface area contributed by atoms with Crippen molar-refractivity contribution in [1.82, 2.24) is 9.88 Å². The van der Waals surface area contributed by atoms with Crippen LogP contribution in [0.15, 0.2) is 18.3 Å². The van der Waals surface area contributed by atoms with E-state index in [-0.39, 0.29) is 12.1 Å². The third kappa shape index (κ3) is 5.18. The number of pyridine rings is 1. The molecule has 0 aromatic carbocycles. The Hall–Kier alpha value is -2.11. The van der Waals surface area contributed by atoms with Crippen LogP contribution in [0.1, 0.15) is 65.0 Å². The normalized spacial score (nSPS) is 17.9. The first-order valence-corrected chi connectivity index (χ1v) is 9.03. The Morgan fingerprint density at radius 3 is 2.72 bits per heavy atom. The fourth-order valence-corrected chi connectivity index (χ4v) is 3.03. The molecule has 2 rings (SSSR count). The summed E-state index contributed by atoms with van der Waals surface area (Å²) in [7, 11) is 0. The van der Waals surface area contributed by atoms with Crippen molar-refractivity contribution in [3.63, 3.8) is 0 Å². The molecule has 0 aliphatic carbocycles. The summed E-state index contributed by atoms with van der Waals surface area (Å²) in [6.45, 7) is 8.89. The second kappa shape index (κ2) is 8.32. The zero-order valence-electron chi connectivity index (χ0n) is 15.7. The van der Waals surface area contributed by atoms with Crippen LogP contribution in [0.4, 0.5) is 10.6 Å². The number of nitrogens with zero attached hydrogens (tertiary/aromatic N) is 3. The lowest BCUT2D eigenvalue weighted by Crippen LogP contribution is -2.38. The smallest absolute Gasteiger partial charge is 0.416 e. The van der Waals surface area contributed by atoms with E-state index < -0.39 is 5.60 Å². The second-order valence-electron chi connectivity index (χ2n) is 7.44. The zero-order valence-corrected chi connectivity index (χ0v) is 15.7. The van der Waals surface area contributed by atoms with Crippen molar-refractivity contribution < 1.29 is 14.3 Å². The van der Waals surface area contributed by atoms with Gasteiger partial charge >= 0.3 is 6.09 Å². The SMILES string of the molecule is CCCN(C(=O)OC(C)(C)C)c1ccc([C@H]2CCCCN2C=O)cn1. The topological polar surface area (TPSA) is 62.7 Å². The number of rotatable bonds is 5. The molecule has 0 bridgehead atoms. The molecule has 138 valence electrons. The fourth-order valence-electron chi connectivity index (χ4n) is 3.03. The van der Waals surface area contributed by atoms with Crippen molar-refractivity contribution in [3.8, 4) is 0 Å². The average Bonchev–Trinajstić information content (AvgIpc) is 2.58. The molecule has 0 radical (unpaired) electrons. The quantitative estimate of drug-likeness (QED) is 0.758. The van der Waals surface area contributed by atoms with Gasteiger partial charge in [0.05, 0.1) is 6.04 Å². The number of aromatic nitrogens is 1. The van der Waals surface area contributed by atoms with E-state index in [1.165, 1.54) is 0 Å². The molecule has 0 saturated carbocycles. The van der Waals surface area contributed by atoms with Crippen LogP contribution in [-0.4, -0.2) is 41.1 Å². The van der Waals surface area contributed by atoms with Gasteiger partial charge in [0.25, 0.3) is 0 Å². The van der Waals surface area contributed by atoms with Crippen LogP contribution in [0, 0.1) is 0 Å². The number of piperidine rings is 1. The molecule has 1 atom stereocenters. The van der Waals surface area contributed by atoms with Gasteiger partial charge in [-0.3, -0.25) is 9.69 Å². The largest absolute Gasteiger partial charge is 0.443 e. The van der Waals surface area contributed by atoms with Gasteiger partial charge in [0.1, 0.15) is 11.4 Å². The van der Waals surface area contributed by atoms with Crippen LogP contribution in [0.3, 0.4) is 0 Å². The number of carbonyl (C=O) groups excluding carboxylic acids is 2. The Kier molecular flexibility index (Phi) is 6.39. The molecule has 1 aliphatic heterocycles. The van der Waals surface area contributed by atoms with Gasteiger partial charge in [-0.25, -0.2) is 9.78 Å². The first-order valence-electron chi connectivity index (χ1n) is 9.03. The summed E-state index contributed by atoms with van der Waals surface area (Å²) in [4.78, 5) is 31.6. The molecule has 1 fully saturated rings. The van der Waals surface area contributed by atoms with Gasteiger partial charge in [-0.15, -0.1) is 0 Å². The molecule has 1 saturated heterocycles. The summed E-state index contributed by atoms with van der Waals surface area (Å²) >= 11 is 0. The predicted molar refractivity (Wildman–Crippen MR) is 97.5 cm³/mol. The Morgan fingerprint density at radius 2 is 2.16 bits per heavy atom. The molecule has 2 heterocycles. The number of hydrogen-bond donors (Lipinski definition) is 0. The number of amides is 2. The molecule has 6 nitrogen and oxygen atoms in total. The average molecular weight is 347 g/mol. The summed E-state index contributed by atoms with van der Waals surface area (Å²) in [6.07, 6.45) is 6.22. The van der Waals surface area contributed by atoms with Gasteiger partial charge in [0.15, 0.2) is 0 Å². The number of likely N-dealkylation sites (tertiary alicyclic amines) is 1. The minimum atomic E-state index is -0.546. The molecule has 25 heavy (non-hydrogen) atoms. The zero-order chi connectivity index (χ0) is 18.4. The maximum absolute atomic E-state index is 12.4. The molecular formula is C19H29N3O3. The van der Waals surface area contributed by atoms with Crippen molar-refractivity contribution in [3.05, 3.63) is 23.9 Å².